The van der Waals surface area contributed by atoms with E-state index in [9.17, 15) is 9.59 Å². The lowest BCUT2D eigenvalue weighted by Gasteiger charge is -2.36. The van der Waals surface area contributed by atoms with Crippen LogP contribution in [-0.4, -0.2) is 38.9 Å². The van der Waals surface area contributed by atoms with Crippen molar-refractivity contribution in [3.63, 3.8) is 0 Å². The zero-order valence-electron chi connectivity index (χ0n) is 18.3. The average molecular weight is 437 g/mol. The number of carbonyl (C=O) groups excluding carboxylic acids is 1. The highest BCUT2D eigenvalue weighted by atomic mass is 32.1. The van der Waals surface area contributed by atoms with E-state index in [-0.39, 0.29) is 23.7 Å². The van der Waals surface area contributed by atoms with Crippen molar-refractivity contribution >= 4 is 41.5 Å². The highest BCUT2D eigenvalue weighted by Gasteiger charge is 2.36. The van der Waals surface area contributed by atoms with Crippen LogP contribution >= 0.6 is 11.3 Å². The van der Waals surface area contributed by atoms with Crippen LogP contribution in [0, 0.1) is 0 Å². The zero-order chi connectivity index (χ0) is 21.8. The molecular weight excluding hydrogens is 404 g/mol. The molecule has 0 atom stereocenters. The van der Waals surface area contributed by atoms with Crippen molar-refractivity contribution in [1.82, 2.24) is 0 Å². The van der Waals surface area contributed by atoms with Gasteiger partial charge in [0.05, 0.1) is 18.4 Å². The summed E-state index contributed by atoms with van der Waals surface area (Å²) < 4.78 is 12.8. The largest absolute Gasteiger partial charge is 0.496 e. The van der Waals surface area contributed by atoms with Crippen LogP contribution in [0.1, 0.15) is 55.3 Å². The molecule has 1 heterocycles. The fourth-order valence-corrected chi connectivity index (χ4v) is 4.92. The predicted molar refractivity (Wildman–Crippen MR) is 121 cm³/mol. The molecule has 1 aromatic carbocycles. The Morgan fingerprint density at radius 3 is 2.41 bits per heavy atom. The standard InChI is InChI=1S/C22H32O5SSi/c1-22(2,3)29(5,6)27-11-7-8-15-12-16-13-20(17(23)9-10-21(24)25)28-19(16)14-18(15)26-4/h12-14H,7-11H2,1-6H3,(H,24,25). The fraction of sp³-hybridized carbons (Fsp3) is 0.545. The number of hydrogen-bond acceptors (Lipinski definition) is 5. The number of Topliss-reactive ketones (excluding diaryl/α,β-unsaturated/α-hetero) is 1. The second-order valence-corrected chi connectivity index (χ2v) is 14.7. The van der Waals surface area contributed by atoms with E-state index in [0.29, 0.717) is 4.88 Å². The Bertz CT molecular complexity index is 879. The van der Waals surface area contributed by atoms with Gasteiger partial charge in [-0.3, -0.25) is 9.59 Å². The van der Waals surface area contributed by atoms with Crippen molar-refractivity contribution < 1.29 is 23.9 Å². The lowest BCUT2D eigenvalue weighted by atomic mass is 10.1. The Labute approximate surface area is 178 Å². The van der Waals surface area contributed by atoms with Gasteiger partial charge < -0.3 is 14.3 Å². The molecule has 0 fully saturated rings. The number of fused-ring (bicyclic) bond motifs is 1. The van der Waals surface area contributed by atoms with Gasteiger partial charge in [-0.2, -0.15) is 0 Å². The molecule has 0 spiro atoms. The third-order valence-corrected chi connectivity index (χ3v) is 11.3. The lowest BCUT2D eigenvalue weighted by molar-refractivity contribution is -0.136. The maximum atomic E-state index is 12.2. The van der Waals surface area contributed by atoms with Crippen LogP contribution in [0.2, 0.25) is 18.1 Å². The first-order valence-electron chi connectivity index (χ1n) is 9.94. The second kappa shape index (κ2) is 9.41. The zero-order valence-corrected chi connectivity index (χ0v) is 20.1. The molecule has 1 aromatic heterocycles. The number of thiophene rings is 1. The first-order valence-corrected chi connectivity index (χ1v) is 13.7. The summed E-state index contributed by atoms with van der Waals surface area (Å²) in [6.07, 6.45) is 1.63. The molecule has 0 bridgehead atoms. The third-order valence-electron chi connectivity index (χ3n) is 5.62. The summed E-state index contributed by atoms with van der Waals surface area (Å²) in [7, 11) is -0.0868. The number of carbonyl (C=O) groups is 2. The van der Waals surface area contributed by atoms with Crippen LogP contribution in [0.15, 0.2) is 18.2 Å². The third kappa shape index (κ3) is 6.14. The van der Waals surface area contributed by atoms with Gasteiger partial charge in [0.15, 0.2) is 14.1 Å². The number of ether oxygens (including phenoxy) is 1. The SMILES string of the molecule is COc1cc2sc(C(=O)CCC(=O)O)cc2cc1CCCO[Si](C)(C)C(C)(C)C. The van der Waals surface area contributed by atoms with Gasteiger partial charge in [-0.15, -0.1) is 11.3 Å². The van der Waals surface area contributed by atoms with Crippen molar-refractivity contribution in [2.75, 3.05) is 13.7 Å². The van der Waals surface area contributed by atoms with Crippen molar-refractivity contribution in [3.05, 3.63) is 28.6 Å². The minimum absolute atomic E-state index is 0.0247. The van der Waals surface area contributed by atoms with E-state index < -0.39 is 14.3 Å². The van der Waals surface area contributed by atoms with Gasteiger partial charge in [-0.25, -0.2) is 0 Å². The number of carboxylic acids is 1. The predicted octanol–water partition coefficient (Wildman–Crippen LogP) is 5.91. The van der Waals surface area contributed by atoms with Crippen molar-refractivity contribution in [3.8, 4) is 5.75 Å². The Balaban J connectivity index is 2.09. The number of benzene rings is 1. The number of rotatable bonds is 10. The Morgan fingerprint density at radius 1 is 1.14 bits per heavy atom. The van der Waals surface area contributed by atoms with Gasteiger partial charge >= 0.3 is 5.97 Å². The van der Waals surface area contributed by atoms with Crippen LogP contribution < -0.4 is 4.74 Å². The fourth-order valence-electron chi connectivity index (χ4n) is 2.79. The van der Waals surface area contributed by atoms with Gasteiger partial charge in [0.25, 0.3) is 0 Å². The van der Waals surface area contributed by atoms with Crippen LogP contribution in [0.3, 0.4) is 0 Å². The molecule has 0 saturated heterocycles. The van der Waals surface area contributed by atoms with E-state index >= 15 is 0 Å². The van der Waals surface area contributed by atoms with Gasteiger partial charge in [-0.05, 0) is 60.1 Å². The summed E-state index contributed by atoms with van der Waals surface area (Å²) in [5.74, 6) is -0.267. The van der Waals surface area contributed by atoms with E-state index in [1.165, 1.54) is 11.3 Å². The van der Waals surface area contributed by atoms with Gasteiger partial charge in [0, 0.05) is 17.7 Å². The molecule has 0 amide bonds. The number of hydrogen-bond donors (Lipinski definition) is 1. The Morgan fingerprint density at radius 2 is 1.83 bits per heavy atom. The molecule has 0 aliphatic carbocycles. The molecule has 0 unspecified atom stereocenters. The molecule has 0 saturated carbocycles. The number of methoxy groups -OCH3 is 1. The van der Waals surface area contributed by atoms with Crippen LogP contribution in [0.4, 0.5) is 0 Å². The molecule has 29 heavy (non-hydrogen) atoms. The molecule has 0 aliphatic rings. The number of aliphatic carboxylic acids is 1. The summed E-state index contributed by atoms with van der Waals surface area (Å²) >= 11 is 1.39. The first kappa shape index (κ1) is 23.6. The molecule has 5 nitrogen and oxygen atoms in total. The van der Waals surface area contributed by atoms with E-state index in [4.69, 9.17) is 14.3 Å². The van der Waals surface area contributed by atoms with Gasteiger partial charge in [0.1, 0.15) is 5.75 Å². The molecule has 1 N–H and O–H groups in total. The smallest absolute Gasteiger partial charge is 0.303 e. The second-order valence-electron chi connectivity index (χ2n) is 8.84. The summed E-state index contributed by atoms with van der Waals surface area (Å²) in [6, 6.07) is 5.90. The number of aryl methyl sites for hydroxylation is 1. The Hall–Kier alpha value is -1.70. The van der Waals surface area contributed by atoms with Crippen LogP contribution in [0.25, 0.3) is 10.1 Å². The summed E-state index contributed by atoms with van der Waals surface area (Å²) in [5.41, 5.74) is 1.10. The highest BCUT2D eigenvalue weighted by Crippen LogP contribution is 2.37. The van der Waals surface area contributed by atoms with E-state index in [2.05, 4.69) is 39.9 Å². The first-order chi connectivity index (χ1) is 13.4. The molecule has 2 rings (SSSR count). The number of carboxylic acid groups (broad SMARTS) is 1. The topological polar surface area (TPSA) is 72.8 Å². The lowest BCUT2D eigenvalue weighted by Crippen LogP contribution is -2.41. The maximum absolute atomic E-state index is 12.2. The molecule has 0 radical (unpaired) electrons. The highest BCUT2D eigenvalue weighted by molar-refractivity contribution is 7.20. The monoisotopic (exact) mass is 436 g/mol. The average Bonchev–Trinajstić information content (AvgIpc) is 3.04. The summed E-state index contributed by atoms with van der Waals surface area (Å²) in [4.78, 5) is 23.6. The van der Waals surface area contributed by atoms with Gasteiger partial charge in [0.2, 0.25) is 0 Å². The molecule has 2 aromatic rings. The van der Waals surface area contributed by atoms with Crippen molar-refractivity contribution in [2.24, 2.45) is 0 Å². The maximum Gasteiger partial charge on any atom is 0.303 e. The van der Waals surface area contributed by atoms with Crippen molar-refractivity contribution in [2.45, 2.75) is 64.6 Å². The van der Waals surface area contributed by atoms with E-state index in [1.807, 2.05) is 12.1 Å². The minimum Gasteiger partial charge on any atom is -0.496 e. The van der Waals surface area contributed by atoms with E-state index in [1.54, 1.807) is 7.11 Å². The summed E-state index contributed by atoms with van der Waals surface area (Å²) in [5, 5.41) is 9.97. The molecule has 160 valence electrons. The normalized spacial score (nSPS) is 12.3. The molecular formula is C22H32O5SSi. The Kier molecular flexibility index (Phi) is 7.65. The van der Waals surface area contributed by atoms with Crippen LogP contribution in [0.5, 0.6) is 5.75 Å². The van der Waals surface area contributed by atoms with E-state index in [0.717, 1.165) is 40.8 Å². The molecule has 0 aliphatic heterocycles. The molecule has 7 heteroatoms. The summed E-state index contributed by atoms with van der Waals surface area (Å²) in [6.45, 7) is 12.0. The quantitative estimate of drug-likeness (QED) is 0.285. The number of ketones is 1. The van der Waals surface area contributed by atoms with Gasteiger partial charge in [-0.1, -0.05) is 20.8 Å². The minimum atomic E-state index is -1.74. The van der Waals surface area contributed by atoms with Crippen LogP contribution in [-0.2, 0) is 15.6 Å². The van der Waals surface area contributed by atoms with Crippen molar-refractivity contribution in [1.29, 1.82) is 0 Å².